The van der Waals surface area contributed by atoms with Crippen LogP contribution in [0.5, 0.6) is 11.5 Å². The Labute approximate surface area is 179 Å². The summed E-state index contributed by atoms with van der Waals surface area (Å²) in [5, 5.41) is 9.76. The highest BCUT2D eigenvalue weighted by molar-refractivity contribution is 5.86. The SMILES string of the molecule is Cc1c(-c2ccc3c(c2)OCCO3)cccc1-c1nc2cc3c(c(C#N)c2o1)CCC3. The number of nitriles is 1. The number of aromatic nitrogens is 1. The minimum absolute atomic E-state index is 0.548. The topological polar surface area (TPSA) is 68.3 Å². The van der Waals surface area contributed by atoms with Crippen molar-refractivity contribution in [3.8, 4) is 40.1 Å². The number of rotatable bonds is 2. The van der Waals surface area contributed by atoms with E-state index in [2.05, 4.69) is 25.1 Å². The largest absolute Gasteiger partial charge is 0.486 e. The Kier molecular flexibility index (Phi) is 4.00. The molecule has 0 radical (unpaired) electrons. The maximum atomic E-state index is 9.76. The molecule has 0 saturated carbocycles. The third-order valence-corrected chi connectivity index (χ3v) is 6.28. The second-order valence-corrected chi connectivity index (χ2v) is 8.06. The molecule has 4 aromatic rings. The van der Waals surface area contributed by atoms with Gasteiger partial charge in [0.05, 0.1) is 0 Å². The molecule has 0 bridgehead atoms. The van der Waals surface area contributed by atoms with E-state index in [-0.39, 0.29) is 0 Å². The van der Waals surface area contributed by atoms with Crippen LogP contribution in [0.15, 0.2) is 46.9 Å². The van der Waals surface area contributed by atoms with Crippen LogP contribution in [0.2, 0.25) is 0 Å². The van der Waals surface area contributed by atoms with E-state index in [0.717, 1.165) is 64.1 Å². The number of nitrogens with zero attached hydrogens (tertiary/aromatic N) is 2. The molecular weight excluding hydrogens is 388 g/mol. The van der Waals surface area contributed by atoms with Crippen LogP contribution in [-0.4, -0.2) is 18.2 Å². The number of ether oxygens (including phenoxy) is 2. The Morgan fingerprint density at radius 1 is 0.968 bits per heavy atom. The highest BCUT2D eigenvalue weighted by Crippen LogP contribution is 2.39. The highest BCUT2D eigenvalue weighted by atomic mass is 16.6. The van der Waals surface area contributed by atoms with Crippen LogP contribution >= 0.6 is 0 Å². The number of fused-ring (bicyclic) bond motifs is 3. The van der Waals surface area contributed by atoms with Crippen LogP contribution in [0.1, 0.15) is 28.7 Å². The average Bonchev–Trinajstić information content (AvgIpc) is 3.44. The molecule has 0 unspecified atom stereocenters. The molecule has 1 aliphatic heterocycles. The van der Waals surface area contributed by atoms with Gasteiger partial charge < -0.3 is 13.9 Å². The van der Waals surface area contributed by atoms with E-state index in [1.165, 1.54) is 5.56 Å². The first-order valence-corrected chi connectivity index (χ1v) is 10.6. The van der Waals surface area contributed by atoms with E-state index in [0.29, 0.717) is 30.3 Å². The third kappa shape index (κ3) is 2.79. The van der Waals surface area contributed by atoms with Crippen LogP contribution < -0.4 is 9.47 Å². The summed E-state index contributed by atoms with van der Waals surface area (Å²) in [6.07, 6.45) is 3.02. The molecule has 3 aromatic carbocycles. The average molecular weight is 408 g/mol. The maximum absolute atomic E-state index is 9.76. The smallest absolute Gasteiger partial charge is 0.227 e. The van der Waals surface area contributed by atoms with Gasteiger partial charge in [0.2, 0.25) is 5.89 Å². The van der Waals surface area contributed by atoms with Gasteiger partial charge in [0, 0.05) is 5.56 Å². The van der Waals surface area contributed by atoms with Gasteiger partial charge in [0.15, 0.2) is 17.1 Å². The first-order valence-electron chi connectivity index (χ1n) is 10.6. The van der Waals surface area contributed by atoms with Crippen molar-refractivity contribution in [2.24, 2.45) is 0 Å². The van der Waals surface area contributed by atoms with Crippen molar-refractivity contribution in [3.63, 3.8) is 0 Å². The van der Waals surface area contributed by atoms with Gasteiger partial charge >= 0.3 is 0 Å². The van der Waals surface area contributed by atoms with Crippen molar-refractivity contribution in [2.45, 2.75) is 26.2 Å². The Morgan fingerprint density at radius 2 is 1.81 bits per heavy atom. The molecule has 0 N–H and O–H groups in total. The molecule has 2 aliphatic rings. The zero-order valence-corrected chi connectivity index (χ0v) is 17.2. The van der Waals surface area contributed by atoms with Gasteiger partial charge in [-0.1, -0.05) is 18.2 Å². The first-order chi connectivity index (χ1) is 15.2. The maximum Gasteiger partial charge on any atom is 0.227 e. The van der Waals surface area contributed by atoms with E-state index in [9.17, 15) is 5.26 Å². The van der Waals surface area contributed by atoms with Gasteiger partial charge in [-0.05, 0) is 78.3 Å². The van der Waals surface area contributed by atoms with Crippen molar-refractivity contribution < 1.29 is 13.9 Å². The van der Waals surface area contributed by atoms with E-state index in [4.69, 9.17) is 18.9 Å². The molecule has 31 heavy (non-hydrogen) atoms. The summed E-state index contributed by atoms with van der Waals surface area (Å²) in [6, 6.07) is 16.6. The summed E-state index contributed by atoms with van der Waals surface area (Å²) in [5.41, 5.74) is 8.48. The second-order valence-electron chi connectivity index (χ2n) is 8.06. The summed E-state index contributed by atoms with van der Waals surface area (Å²) in [5.74, 6) is 2.09. The van der Waals surface area contributed by atoms with Gasteiger partial charge in [-0.2, -0.15) is 5.26 Å². The lowest BCUT2D eigenvalue weighted by Gasteiger charge is -2.19. The third-order valence-electron chi connectivity index (χ3n) is 6.28. The number of aryl methyl sites for hydroxylation is 1. The molecule has 0 spiro atoms. The summed E-state index contributed by atoms with van der Waals surface area (Å²) >= 11 is 0. The summed E-state index contributed by atoms with van der Waals surface area (Å²) in [4.78, 5) is 4.77. The van der Waals surface area contributed by atoms with Crippen LogP contribution in [-0.2, 0) is 12.8 Å². The minimum Gasteiger partial charge on any atom is -0.486 e. The molecule has 1 aromatic heterocycles. The van der Waals surface area contributed by atoms with Crippen LogP contribution in [0.3, 0.4) is 0 Å². The molecule has 2 heterocycles. The second kappa shape index (κ2) is 6.88. The summed E-state index contributed by atoms with van der Waals surface area (Å²) in [6.45, 7) is 3.21. The highest BCUT2D eigenvalue weighted by Gasteiger charge is 2.23. The lowest BCUT2D eigenvalue weighted by Crippen LogP contribution is -2.15. The monoisotopic (exact) mass is 408 g/mol. The number of benzene rings is 3. The lowest BCUT2D eigenvalue weighted by molar-refractivity contribution is 0.171. The Bertz CT molecular complexity index is 1390. The normalized spacial score (nSPS) is 14.5. The number of oxazole rings is 1. The summed E-state index contributed by atoms with van der Waals surface area (Å²) in [7, 11) is 0. The molecule has 0 atom stereocenters. The molecule has 5 heteroatoms. The van der Waals surface area contributed by atoms with E-state index >= 15 is 0 Å². The molecule has 0 saturated heterocycles. The van der Waals surface area contributed by atoms with Crippen molar-refractivity contribution >= 4 is 11.1 Å². The molecule has 0 fully saturated rings. The van der Waals surface area contributed by atoms with Crippen LogP contribution in [0, 0.1) is 18.3 Å². The van der Waals surface area contributed by atoms with Gasteiger partial charge in [0.25, 0.3) is 0 Å². The Morgan fingerprint density at radius 3 is 2.68 bits per heavy atom. The standard InChI is InChI=1S/C26H20N2O3/c1-15-18(17-8-9-23-24(13-17)30-11-10-29-23)5-3-6-19(15)26-28-22-12-16-4-2-7-20(16)21(14-27)25(22)31-26/h3,5-6,8-9,12-13H,2,4,7,10-11H2,1H3. The molecule has 1 aliphatic carbocycles. The van der Waals surface area contributed by atoms with Crippen molar-refractivity contribution in [1.82, 2.24) is 4.98 Å². The fraction of sp³-hybridized carbons (Fsp3) is 0.231. The molecule has 6 rings (SSSR count). The predicted molar refractivity (Wildman–Crippen MR) is 117 cm³/mol. The van der Waals surface area contributed by atoms with E-state index in [1.807, 2.05) is 30.3 Å². The minimum atomic E-state index is 0.548. The van der Waals surface area contributed by atoms with Crippen LogP contribution in [0.4, 0.5) is 0 Å². The van der Waals surface area contributed by atoms with Gasteiger partial charge in [-0.3, -0.25) is 0 Å². The fourth-order valence-corrected chi connectivity index (χ4v) is 4.75. The van der Waals surface area contributed by atoms with Gasteiger partial charge in [0.1, 0.15) is 30.4 Å². The Balaban J connectivity index is 1.48. The molecule has 0 amide bonds. The zero-order valence-electron chi connectivity index (χ0n) is 17.2. The molecule has 152 valence electrons. The van der Waals surface area contributed by atoms with E-state index in [1.54, 1.807) is 0 Å². The number of hydrogen-bond acceptors (Lipinski definition) is 5. The Hall–Kier alpha value is -3.78. The lowest BCUT2D eigenvalue weighted by atomic mass is 9.96. The predicted octanol–water partition coefficient (Wildman–Crippen LogP) is 5.60. The quantitative estimate of drug-likeness (QED) is 0.432. The van der Waals surface area contributed by atoms with Crippen molar-refractivity contribution in [3.05, 3.63) is 64.7 Å². The first kappa shape index (κ1) is 18.0. The van der Waals surface area contributed by atoms with Gasteiger partial charge in [-0.25, -0.2) is 4.98 Å². The van der Waals surface area contributed by atoms with Gasteiger partial charge in [-0.15, -0.1) is 0 Å². The van der Waals surface area contributed by atoms with Crippen molar-refractivity contribution in [2.75, 3.05) is 13.2 Å². The van der Waals surface area contributed by atoms with Crippen LogP contribution in [0.25, 0.3) is 33.7 Å². The number of hydrogen-bond donors (Lipinski definition) is 0. The fourth-order valence-electron chi connectivity index (χ4n) is 4.75. The molecular formula is C26H20N2O3. The van der Waals surface area contributed by atoms with Crippen molar-refractivity contribution in [1.29, 1.82) is 5.26 Å². The zero-order chi connectivity index (χ0) is 20.9. The summed E-state index contributed by atoms with van der Waals surface area (Å²) < 4.78 is 17.6. The van der Waals surface area contributed by atoms with E-state index < -0.39 is 0 Å². The molecule has 5 nitrogen and oxygen atoms in total.